The predicted octanol–water partition coefficient (Wildman–Crippen LogP) is 4.75. The van der Waals surface area contributed by atoms with Crippen molar-refractivity contribution in [2.45, 2.75) is 0 Å². The largest absolute Gasteiger partial charge is 0.478 e. The minimum Gasteiger partial charge on any atom is -0.478 e. The van der Waals surface area contributed by atoms with Crippen molar-refractivity contribution in [1.29, 1.82) is 0 Å². The quantitative estimate of drug-likeness (QED) is 0.494. The monoisotopic (exact) mass is 401 g/mol. The van der Waals surface area contributed by atoms with E-state index in [-0.39, 0.29) is 22.3 Å². The maximum absolute atomic E-state index is 12.4. The van der Waals surface area contributed by atoms with Crippen molar-refractivity contribution in [2.75, 3.05) is 0 Å². The highest BCUT2D eigenvalue weighted by molar-refractivity contribution is 7.14. The maximum atomic E-state index is 12.4. The average molecular weight is 401 g/mol. The van der Waals surface area contributed by atoms with Gasteiger partial charge >= 0.3 is 11.9 Å². The molecule has 0 aliphatic carbocycles. The third kappa shape index (κ3) is 2.46. The van der Waals surface area contributed by atoms with Crippen LogP contribution in [0.3, 0.4) is 0 Å². The molecule has 7 nitrogen and oxygen atoms in total. The van der Waals surface area contributed by atoms with Gasteiger partial charge in [-0.3, -0.25) is 4.79 Å². The zero-order valence-corrected chi connectivity index (χ0v) is 15.2. The normalized spacial score (nSPS) is 10.9. The zero-order valence-electron chi connectivity index (χ0n) is 12.7. The molecule has 0 unspecified atom stereocenters. The molecule has 26 heavy (non-hydrogen) atoms. The Kier molecular flexibility index (Phi) is 4.15. The molecule has 0 fully saturated rings. The molecular formula is C16H7N3O4S3. The summed E-state index contributed by atoms with van der Waals surface area (Å²) >= 11 is 3.54. The van der Waals surface area contributed by atoms with E-state index in [0.29, 0.717) is 20.8 Å². The Bertz CT molecular complexity index is 1150. The van der Waals surface area contributed by atoms with Crippen LogP contribution < -0.4 is 0 Å². The third-order valence-corrected chi connectivity index (χ3v) is 6.06. The fourth-order valence-corrected chi connectivity index (χ4v) is 4.91. The molecule has 0 radical (unpaired) electrons. The standard InChI is InChI=1S/C16H7N3O4S3/c20-15(17-23)11-9(7-3-1-5-24-7)13-14(19-26-18-13)10(12(11)16(21)22)8-4-2-6-25-8/h1-6H,(H,21,22). The van der Waals surface area contributed by atoms with Crippen molar-refractivity contribution in [3.63, 3.8) is 0 Å². The highest BCUT2D eigenvalue weighted by Crippen LogP contribution is 2.43. The summed E-state index contributed by atoms with van der Waals surface area (Å²) in [4.78, 5) is 36.8. The van der Waals surface area contributed by atoms with Crippen LogP contribution >= 0.6 is 34.4 Å². The number of carbonyl (C=O) groups excluding carboxylic acids is 1. The fraction of sp³-hybridized carbons (Fsp3) is 0. The van der Waals surface area contributed by atoms with E-state index in [2.05, 4.69) is 13.9 Å². The van der Waals surface area contributed by atoms with E-state index in [1.165, 1.54) is 22.7 Å². The van der Waals surface area contributed by atoms with Crippen LogP contribution in [-0.4, -0.2) is 25.7 Å². The molecule has 0 bridgehead atoms. The van der Waals surface area contributed by atoms with Crippen molar-refractivity contribution >= 4 is 57.3 Å². The molecule has 4 rings (SSSR count). The summed E-state index contributed by atoms with van der Waals surface area (Å²) in [5, 5.41) is 16.0. The summed E-state index contributed by atoms with van der Waals surface area (Å²) in [6, 6.07) is 7.00. The second-order valence-corrected chi connectivity index (χ2v) is 7.54. The van der Waals surface area contributed by atoms with E-state index < -0.39 is 11.9 Å². The second-order valence-electron chi connectivity index (χ2n) is 5.12. The molecule has 10 heteroatoms. The second kappa shape index (κ2) is 6.48. The molecule has 1 N–H and O–H groups in total. The number of carboxylic acids is 1. The topological polar surface area (TPSA) is 110 Å². The van der Waals surface area contributed by atoms with Crippen molar-refractivity contribution in [1.82, 2.24) is 8.75 Å². The van der Waals surface area contributed by atoms with Gasteiger partial charge in [0.15, 0.2) is 0 Å². The molecular weight excluding hydrogens is 394 g/mol. The Labute approximate surface area is 157 Å². The molecule has 0 aliphatic heterocycles. The number of nitroso groups, excluding NO2 is 1. The lowest BCUT2D eigenvalue weighted by atomic mass is 9.91. The van der Waals surface area contributed by atoms with Gasteiger partial charge in [0.1, 0.15) is 11.0 Å². The van der Waals surface area contributed by atoms with Crippen molar-refractivity contribution < 1.29 is 14.7 Å². The summed E-state index contributed by atoms with van der Waals surface area (Å²) < 4.78 is 8.55. The van der Waals surface area contributed by atoms with Gasteiger partial charge in [-0.15, -0.1) is 27.6 Å². The van der Waals surface area contributed by atoms with E-state index in [4.69, 9.17) is 0 Å². The lowest BCUT2D eigenvalue weighted by Crippen LogP contribution is -2.11. The van der Waals surface area contributed by atoms with Gasteiger partial charge in [-0.25, -0.2) is 4.79 Å². The highest BCUT2D eigenvalue weighted by Gasteiger charge is 2.32. The number of aromatic carboxylic acids is 1. The number of carbonyl (C=O) groups is 2. The average Bonchev–Trinajstić information content (AvgIpc) is 3.40. The smallest absolute Gasteiger partial charge is 0.337 e. The van der Waals surface area contributed by atoms with Crippen LogP contribution in [0.1, 0.15) is 20.7 Å². The van der Waals surface area contributed by atoms with Crippen LogP contribution in [0.2, 0.25) is 0 Å². The van der Waals surface area contributed by atoms with Crippen LogP contribution in [-0.2, 0) is 0 Å². The van der Waals surface area contributed by atoms with Crippen LogP contribution in [0.25, 0.3) is 31.9 Å². The van der Waals surface area contributed by atoms with E-state index in [1.807, 2.05) is 0 Å². The molecule has 4 aromatic rings. The Balaban J connectivity index is 2.27. The Morgan fingerprint density at radius 3 is 1.88 bits per heavy atom. The number of fused-ring (bicyclic) bond motifs is 1. The van der Waals surface area contributed by atoms with Crippen LogP contribution in [0.4, 0.5) is 0 Å². The number of thiophene rings is 2. The Hall–Kier alpha value is -2.82. The zero-order chi connectivity index (χ0) is 18.3. The first-order chi connectivity index (χ1) is 12.6. The van der Waals surface area contributed by atoms with Gasteiger partial charge in [0.25, 0.3) is 0 Å². The van der Waals surface area contributed by atoms with E-state index in [0.717, 1.165) is 11.7 Å². The first-order valence-corrected chi connectivity index (χ1v) is 9.63. The fourth-order valence-electron chi connectivity index (χ4n) is 2.80. The molecule has 1 aromatic carbocycles. The first-order valence-electron chi connectivity index (χ1n) is 7.14. The Morgan fingerprint density at radius 1 is 0.923 bits per heavy atom. The minimum absolute atomic E-state index is 0.251. The number of nitrogens with zero attached hydrogens (tertiary/aromatic N) is 3. The number of hydrogen-bond donors (Lipinski definition) is 1. The summed E-state index contributed by atoms with van der Waals surface area (Å²) in [5.41, 5.74) is 0.812. The van der Waals surface area contributed by atoms with Crippen LogP contribution in [0.5, 0.6) is 0 Å². The van der Waals surface area contributed by atoms with Gasteiger partial charge in [-0.05, 0) is 22.9 Å². The van der Waals surface area contributed by atoms with Gasteiger partial charge in [-0.1, -0.05) is 12.1 Å². The van der Waals surface area contributed by atoms with E-state index in [9.17, 15) is 19.6 Å². The summed E-state index contributed by atoms with van der Waals surface area (Å²) in [6.45, 7) is 0. The number of hydrogen-bond acceptors (Lipinski definition) is 8. The maximum Gasteiger partial charge on any atom is 0.337 e. The summed E-state index contributed by atoms with van der Waals surface area (Å²) in [7, 11) is 0. The van der Waals surface area contributed by atoms with Gasteiger partial charge in [-0.2, -0.15) is 8.75 Å². The number of carboxylic acid groups (broad SMARTS) is 1. The predicted molar refractivity (Wildman–Crippen MR) is 101 cm³/mol. The molecule has 0 aliphatic rings. The molecule has 0 saturated carbocycles. The SMILES string of the molecule is O=NC(=O)c1c(C(=O)O)c(-c2cccs2)c2nsnc2c1-c1cccs1. The number of amides is 1. The van der Waals surface area contributed by atoms with Crippen LogP contribution in [0, 0.1) is 4.91 Å². The lowest BCUT2D eigenvalue weighted by molar-refractivity contribution is 0.0693. The summed E-state index contributed by atoms with van der Waals surface area (Å²) in [6.07, 6.45) is 0. The number of benzene rings is 1. The van der Waals surface area contributed by atoms with Crippen molar-refractivity contribution in [3.8, 4) is 20.9 Å². The van der Waals surface area contributed by atoms with E-state index in [1.54, 1.807) is 35.0 Å². The number of rotatable bonds is 4. The summed E-state index contributed by atoms with van der Waals surface area (Å²) in [5.74, 6) is -2.47. The lowest BCUT2D eigenvalue weighted by Gasteiger charge is -2.13. The molecule has 1 amide bonds. The van der Waals surface area contributed by atoms with Crippen molar-refractivity contribution in [3.05, 3.63) is 51.1 Å². The minimum atomic E-state index is -1.33. The molecule has 0 spiro atoms. The molecule has 0 atom stereocenters. The van der Waals surface area contributed by atoms with Crippen molar-refractivity contribution in [2.24, 2.45) is 5.18 Å². The van der Waals surface area contributed by atoms with Gasteiger partial charge in [0.2, 0.25) is 0 Å². The molecule has 0 saturated heterocycles. The van der Waals surface area contributed by atoms with Gasteiger partial charge in [0, 0.05) is 26.1 Å². The van der Waals surface area contributed by atoms with E-state index >= 15 is 0 Å². The first kappa shape index (κ1) is 16.6. The molecule has 3 aromatic heterocycles. The van der Waals surface area contributed by atoms with Crippen LogP contribution in [0.15, 0.2) is 40.2 Å². The third-order valence-electron chi connectivity index (χ3n) is 3.76. The number of aromatic nitrogens is 2. The molecule has 128 valence electrons. The molecule has 3 heterocycles. The van der Waals surface area contributed by atoms with Gasteiger partial charge in [0.05, 0.1) is 22.9 Å². The van der Waals surface area contributed by atoms with Gasteiger partial charge < -0.3 is 5.11 Å². The highest BCUT2D eigenvalue weighted by atomic mass is 32.1. The Morgan fingerprint density at radius 2 is 1.46 bits per heavy atom.